The van der Waals surface area contributed by atoms with Gasteiger partial charge < -0.3 is 9.88 Å². The van der Waals surface area contributed by atoms with E-state index in [9.17, 15) is 0 Å². The van der Waals surface area contributed by atoms with E-state index in [1.807, 2.05) is 12.5 Å². The fourth-order valence-electron chi connectivity index (χ4n) is 4.09. The number of imidazole rings is 1. The molecule has 2 aliphatic rings. The summed E-state index contributed by atoms with van der Waals surface area (Å²) in [5.41, 5.74) is 0. The highest BCUT2D eigenvalue weighted by Crippen LogP contribution is 2.34. The second kappa shape index (κ2) is 6.72. The molecule has 0 aromatic carbocycles. The van der Waals surface area contributed by atoms with Crippen molar-refractivity contribution in [2.45, 2.75) is 69.6 Å². The topological polar surface area (TPSA) is 33.1 Å². The van der Waals surface area contributed by atoms with Crippen molar-refractivity contribution in [1.29, 1.82) is 0 Å². The molecule has 1 aromatic heterocycles. The summed E-state index contributed by atoms with van der Waals surface area (Å²) in [6.45, 7) is 2.41. The van der Waals surface area contributed by atoms with Gasteiger partial charge in [-0.25, -0.2) is 4.98 Å². The summed E-state index contributed by atoms with van der Waals surface area (Å²) in [6.07, 6.45) is 15.4. The largest absolute Gasteiger partial charge is 0.337 e. The van der Waals surface area contributed by atoms with Crippen molar-refractivity contribution in [1.82, 2.24) is 19.8 Å². The standard InChI is InChI=1S/C16H28N4/c1-17-14-11-15-5-4-6-16(12-14)20(15)9-3-2-8-19-10-7-18-13-19/h7,10,13-17H,2-6,8-9,11-12H2,1H3. The number of piperidine rings is 2. The van der Waals surface area contributed by atoms with Crippen LogP contribution >= 0.6 is 0 Å². The molecule has 2 saturated heterocycles. The van der Waals surface area contributed by atoms with E-state index in [4.69, 9.17) is 0 Å². The van der Waals surface area contributed by atoms with Gasteiger partial charge >= 0.3 is 0 Å². The first-order valence-electron chi connectivity index (χ1n) is 8.25. The smallest absolute Gasteiger partial charge is 0.0945 e. The lowest BCUT2D eigenvalue weighted by molar-refractivity contribution is 0.0246. The zero-order valence-electron chi connectivity index (χ0n) is 12.7. The molecule has 2 bridgehead atoms. The Balaban J connectivity index is 1.45. The van der Waals surface area contributed by atoms with Crippen LogP contribution in [0, 0.1) is 0 Å². The number of hydrogen-bond acceptors (Lipinski definition) is 3. The van der Waals surface area contributed by atoms with E-state index in [0.29, 0.717) is 0 Å². The van der Waals surface area contributed by atoms with Crippen LogP contribution < -0.4 is 5.32 Å². The molecule has 4 nitrogen and oxygen atoms in total. The van der Waals surface area contributed by atoms with E-state index in [1.165, 1.54) is 51.5 Å². The Labute approximate surface area is 122 Å². The van der Waals surface area contributed by atoms with E-state index in [1.54, 1.807) is 0 Å². The summed E-state index contributed by atoms with van der Waals surface area (Å²) < 4.78 is 2.19. The van der Waals surface area contributed by atoms with E-state index in [0.717, 1.165) is 24.7 Å². The van der Waals surface area contributed by atoms with Crippen LogP contribution in [-0.2, 0) is 6.54 Å². The highest BCUT2D eigenvalue weighted by atomic mass is 15.2. The molecule has 2 fully saturated rings. The summed E-state index contributed by atoms with van der Waals surface area (Å²) in [4.78, 5) is 6.93. The van der Waals surface area contributed by atoms with E-state index in [2.05, 4.69) is 33.0 Å². The predicted molar refractivity (Wildman–Crippen MR) is 81.7 cm³/mol. The quantitative estimate of drug-likeness (QED) is 0.809. The number of aromatic nitrogens is 2. The first kappa shape index (κ1) is 14.1. The Hall–Kier alpha value is -0.870. The van der Waals surface area contributed by atoms with Crippen LogP contribution in [0.3, 0.4) is 0 Å². The summed E-state index contributed by atoms with van der Waals surface area (Å²) in [5, 5.41) is 3.50. The average molecular weight is 276 g/mol. The third-order valence-electron chi connectivity index (χ3n) is 5.18. The van der Waals surface area contributed by atoms with Crippen molar-refractivity contribution in [3.63, 3.8) is 0 Å². The van der Waals surface area contributed by atoms with Crippen LogP contribution in [0.25, 0.3) is 0 Å². The number of nitrogens with one attached hydrogen (secondary N) is 1. The van der Waals surface area contributed by atoms with E-state index in [-0.39, 0.29) is 0 Å². The molecule has 0 amide bonds. The average Bonchev–Trinajstić information content (AvgIpc) is 2.96. The van der Waals surface area contributed by atoms with E-state index < -0.39 is 0 Å². The SMILES string of the molecule is CNC1CC2CCCC(C1)N2CCCCn1ccnc1. The van der Waals surface area contributed by atoms with Crippen molar-refractivity contribution >= 4 is 0 Å². The molecule has 20 heavy (non-hydrogen) atoms. The second-order valence-electron chi connectivity index (χ2n) is 6.44. The number of nitrogens with zero attached hydrogens (tertiary/aromatic N) is 3. The van der Waals surface area contributed by atoms with Crippen LogP contribution in [-0.4, -0.2) is 46.2 Å². The Morgan fingerprint density at radius 2 is 1.90 bits per heavy atom. The fourth-order valence-corrected chi connectivity index (χ4v) is 4.09. The molecule has 1 N–H and O–H groups in total. The van der Waals surface area contributed by atoms with Crippen molar-refractivity contribution in [2.75, 3.05) is 13.6 Å². The van der Waals surface area contributed by atoms with Crippen LogP contribution in [0.1, 0.15) is 44.9 Å². The van der Waals surface area contributed by atoms with Gasteiger partial charge in [0.2, 0.25) is 0 Å². The first-order valence-corrected chi connectivity index (χ1v) is 8.25. The van der Waals surface area contributed by atoms with Gasteiger partial charge in [0.1, 0.15) is 0 Å². The lowest BCUT2D eigenvalue weighted by atomic mass is 9.81. The predicted octanol–water partition coefficient (Wildman–Crippen LogP) is 2.27. The van der Waals surface area contributed by atoms with Crippen LogP contribution in [0.2, 0.25) is 0 Å². The van der Waals surface area contributed by atoms with Crippen molar-refractivity contribution in [3.05, 3.63) is 18.7 Å². The second-order valence-corrected chi connectivity index (χ2v) is 6.44. The minimum atomic E-state index is 0.757. The maximum atomic E-state index is 4.10. The van der Waals surface area contributed by atoms with Crippen LogP contribution in [0.5, 0.6) is 0 Å². The van der Waals surface area contributed by atoms with Gasteiger partial charge in [-0.3, -0.25) is 4.90 Å². The molecule has 0 aliphatic carbocycles. The van der Waals surface area contributed by atoms with Crippen molar-refractivity contribution in [2.24, 2.45) is 0 Å². The third-order valence-corrected chi connectivity index (χ3v) is 5.18. The van der Waals surface area contributed by atoms with Crippen molar-refractivity contribution < 1.29 is 0 Å². The number of hydrogen-bond donors (Lipinski definition) is 1. The maximum Gasteiger partial charge on any atom is 0.0945 e. The Morgan fingerprint density at radius 3 is 2.55 bits per heavy atom. The molecule has 0 saturated carbocycles. The lowest BCUT2D eigenvalue weighted by Gasteiger charge is -2.49. The summed E-state index contributed by atoms with van der Waals surface area (Å²) in [7, 11) is 2.13. The number of aryl methyl sites for hydroxylation is 1. The molecule has 3 rings (SSSR count). The lowest BCUT2D eigenvalue weighted by Crippen LogP contribution is -2.55. The minimum absolute atomic E-state index is 0.757. The number of rotatable bonds is 6. The summed E-state index contributed by atoms with van der Waals surface area (Å²) in [5.74, 6) is 0. The first-order chi connectivity index (χ1) is 9.86. The highest BCUT2D eigenvalue weighted by Gasteiger charge is 2.36. The molecule has 3 heterocycles. The van der Waals surface area contributed by atoms with Gasteiger partial charge in [0, 0.05) is 37.1 Å². The minimum Gasteiger partial charge on any atom is -0.337 e. The molecule has 0 spiro atoms. The highest BCUT2D eigenvalue weighted by molar-refractivity contribution is 4.94. The molecule has 1 aromatic rings. The summed E-state index contributed by atoms with van der Waals surface area (Å²) in [6, 6.07) is 2.44. The molecule has 2 aliphatic heterocycles. The Morgan fingerprint density at radius 1 is 1.15 bits per heavy atom. The molecule has 112 valence electrons. The van der Waals surface area contributed by atoms with Gasteiger partial charge in [0.05, 0.1) is 6.33 Å². The maximum absolute atomic E-state index is 4.10. The van der Waals surface area contributed by atoms with Gasteiger partial charge in [-0.1, -0.05) is 6.42 Å². The van der Waals surface area contributed by atoms with Gasteiger partial charge in [-0.2, -0.15) is 0 Å². The fraction of sp³-hybridized carbons (Fsp3) is 0.812. The summed E-state index contributed by atoms with van der Waals surface area (Å²) >= 11 is 0. The molecule has 2 atom stereocenters. The zero-order valence-corrected chi connectivity index (χ0v) is 12.7. The van der Waals surface area contributed by atoms with Crippen LogP contribution in [0.4, 0.5) is 0 Å². The van der Waals surface area contributed by atoms with Crippen LogP contribution in [0.15, 0.2) is 18.7 Å². The number of unbranched alkanes of at least 4 members (excludes halogenated alkanes) is 1. The molecule has 0 radical (unpaired) electrons. The van der Waals surface area contributed by atoms with Gasteiger partial charge in [0.25, 0.3) is 0 Å². The Kier molecular flexibility index (Phi) is 4.73. The number of fused-ring (bicyclic) bond motifs is 2. The van der Waals surface area contributed by atoms with Gasteiger partial charge in [0.15, 0.2) is 0 Å². The molecular formula is C16H28N4. The van der Waals surface area contributed by atoms with Gasteiger partial charge in [-0.15, -0.1) is 0 Å². The normalized spacial score (nSPS) is 30.6. The molecular weight excluding hydrogens is 248 g/mol. The molecule has 4 heteroatoms. The zero-order chi connectivity index (χ0) is 13.8. The van der Waals surface area contributed by atoms with E-state index >= 15 is 0 Å². The molecule has 2 unspecified atom stereocenters. The third kappa shape index (κ3) is 3.23. The van der Waals surface area contributed by atoms with Crippen molar-refractivity contribution in [3.8, 4) is 0 Å². The monoisotopic (exact) mass is 276 g/mol. The van der Waals surface area contributed by atoms with Gasteiger partial charge in [-0.05, 0) is 52.1 Å². The Bertz CT molecular complexity index is 375.